The number of hydrogen-bond donors (Lipinski definition) is 2. The lowest BCUT2D eigenvalue weighted by atomic mass is 10.2. The van der Waals surface area contributed by atoms with Gasteiger partial charge in [-0.25, -0.2) is 9.78 Å². The molecule has 0 bridgehead atoms. The van der Waals surface area contributed by atoms with Gasteiger partial charge in [0.2, 0.25) is 6.41 Å². The lowest BCUT2D eigenvalue weighted by Gasteiger charge is -1.93. The van der Waals surface area contributed by atoms with E-state index in [0.29, 0.717) is 6.41 Å². The Bertz CT molecular complexity index is 458. The van der Waals surface area contributed by atoms with Crippen molar-refractivity contribution in [2.75, 3.05) is 5.32 Å². The Morgan fingerprint density at radius 3 is 3.00 bits per heavy atom. The number of allylic oxidation sites excluding steroid dienone is 1. The molecule has 0 unspecified atom stereocenters. The summed E-state index contributed by atoms with van der Waals surface area (Å²) in [5.41, 5.74) is -0.0499. The largest absolute Gasteiger partial charge is 0.478 e. The molecule has 0 radical (unpaired) electrons. The maximum Gasteiger partial charge on any atom is 0.338 e. The van der Waals surface area contributed by atoms with E-state index >= 15 is 0 Å². The van der Waals surface area contributed by atoms with E-state index in [2.05, 4.69) is 10.3 Å². The molecule has 0 aliphatic heterocycles. The normalized spacial score (nSPS) is 10.5. The van der Waals surface area contributed by atoms with Crippen molar-refractivity contribution in [3.05, 3.63) is 17.2 Å². The summed E-state index contributed by atoms with van der Waals surface area (Å²) in [6.45, 7) is 0. The maximum atomic E-state index is 10.7. The summed E-state index contributed by atoms with van der Waals surface area (Å²) in [6.07, 6.45) is 1.33. The molecule has 76 valence electrons. The smallest absolute Gasteiger partial charge is 0.338 e. The number of amides is 1. The molecule has 0 aliphatic rings. The van der Waals surface area contributed by atoms with Crippen molar-refractivity contribution in [2.24, 2.45) is 0 Å². The highest BCUT2D eigenvalue weighted by Gasteiger charge is 2.13. The average Bonchev–Trinajstić information content (AvgIpc) is 2.62. The number of carboxylic acid groups (broad SMARTS) is 1. The molecule has 6 nitrogen and oxygen atoms in total. The molecular formula is C8H5N3O3S. The zero-order chi connectivity index (χ0) is 11.3. The summed E-state index contributed by atoms with van der Waals surface area (Å²) in [6, 6.07) is 1.62. The molecule has 1 amide bonds. The highest BCUT2D eigenvalue weighted by atomic mass is 32.1. The number of nitrogens with zero attached hydrogens (tertiary/aromatic N) is 2. The Hall–Kier alpha value is -2.20. The van der Waals surface area contributed by atoms with E-state index in [0.717, 1.165) is 17.4 Å². The van der Waals surface area contributed by atoms with Crippen LogP contribution in [-0.4, -0.2) is 22.5 Å². The van der Waals surface area contributed by atoms with Crippen LogP contribution in [0.2, 0.25) is 0 Å². The molecule has 0 spiro atoms. The minimum Gasteiger partial charge on any atom is -0.478 e. The van der Waals surface area contributed by atoms with Gasteiger partial charge in [-0.15, -0.1) is 11.3 Å². The highest BCUT2D eigenvalue weighted by Crippen LogP contribution is 2.21. The lowest BCUT2D eigenvalue weighted by molar-refractivity contribution is -0.130. The van der Waals surface area contributed by atoms with E-state index in [1.807, 2.05) is 0 Å². The van der Waals surface area contributed by atoms with Gasteiger partial charge in [-0.3, -0.25) is 4.79 Å². The summed E-state index contributed by atoms with van der Waals surface area (Å²) in [5.74, 6) is -1.24. The fraction of sp³-hybridized carbons (Fsp3) is 0. The van der Waals surface area contributed by atoms with Crippen LogP contribution in [0.1, 0.15) is 5.69 Å². The van der Waals surface area contributed by atoms with Gasteiger partial charge >= 0.3 is 5.97 Å². The molecule has 0 atom stereocenters. The van der Waals surface area contributed by atoms with Gasteiger partial charge in [0.05, 0.1) is 17.3 Å². The van der Waals surface area contributed by atoms with E-state index in [-0.39, 0.29) is 16.4 Å². The third-order valence-electron chi connectivity index (χ3n) is 1.40. The number of anilines is 1. The Morgan fingerprint density at radius 1 is 1.73 bits per heavy atom. The van der Waals surface area contributed by atoms with Crippen molar-refractivity contribution < 1.29 is 14.7 Å². The Labute approximate surface area is 88.5 Å². The van der Waals surface area contributed by atoms with Crippen molar-refractivity contribution >= 4 is 34.4 Å². The van der Waals surface area contributed by atoms with Crippen LogP contribution in [0.4, 0.5) is 5.13 Å². The quantitative estimate of drug-likeness (QED) is 0.444. The van der Waals surface area contributed by atoms with Crippen LogP contribution >= 0.6 is 11.3 Å². The summed E-state index contributed by atoms with van der Waals surface area (Å²) >= 11 is 1.08. The van der Waals surface area contributed by atoms with Crippen LogP contribution in [0, 0.1) is 11.3 Å². The number of hydrogen-bond acceptors (Lipinski definition) is 5. The third kappa shape index (κ3) is 2.62. The van der Waals surface area contributed by atoms with Crippen molar-refractivity contribution in [3.63, 3.8) is 0 Å². The van der Waals surface area contributed by atoms with E-state index < -0.39 is 5.97 Å². The minimum atomic E-state index is -1.24. The minimum absolute atomic E-state index is 0.151. The summed E-state index contributed by atoms with van der Waals surface area (Å²) in [7, 11) is 0. The summed E-state index contributed by atoms with van der Waals surface area (Å²) < 4.78 is 0. The van der Waals surface area contributed by atoms with E-state index in [1.54, 1.807) is 6.07 Å². The molecule has 1 aromatic heterocycles. The first-order chi connectivity index (χ1) is 7.19. The van der Waals surface area contributed by atoms with Crippen molar-refractivity contribution in [1.29, 1.82) is 5.26 Å². The molecule has 1 heterocycles. The lowest BCUT2D eigenvalue weighted by Crippen LogP contribution is -2.00. The summed E-state index contributed by atoms with van der Waals surface area (Å²) in [5, 5.41) is 21.1. The molecule has 15 heavy (non-hydrogen) atoms. The molecule has 1 rings (SSSR count). The van der Waals surface area contributed by atoms with Crippen molar-refractivity contribution in [3.8, 4) is 6.07 Å². The predicted octanol–water partition coefficient (Wildman–Crippen LogP) is 0.703. The number of aromatic nitrogens is 1. The van der Waals surface area contributed by atoms with Crippen LogP contribution in [0.15, 0.2) is 11.5 Å². The van der Waals surface area contributed by atoms with E-state index in [4.69, 9.17) is 10.4 Å². The number of aliphatic carboxylic acids is 1. The molecule has 0 fully saturated rings. The second-order valence-corrected chi connectivity index (χ2v) is 3.15. The summed E-state index contributed by atoms with van der Waals surface area (Å²) in [4.78, 5) is 24.6. The zero-order valence-corrected chi connectivity index (χ0v) is 8.11. The number of nitriles is 1. The Morgan fingerprint density at radius 2 is 2.47 bits per heavy atom. The first-order valence-electron chi connectivity index (χ1n) is 3.68. The van der Waals surface area contributed by atoms with Crippen LogP contribution < -0.4 is 5.32 Å². The predicted molar refractivity (Wildman–Crippen MR) is 53.0 cm³/mol. The molecule has 2 N–H and O–H groups in total. The molecule has 0 aromatic carbocycles. The molecule has 0 saturated heterocycles. The van der Waals surface area contributed by atoms with E-state index in [9.17, 15) is 9.59 Å². The number of nitrogens with one attached hydrogen (secondary N) is 1. The molecule has 1 aromatic rings. The standard InChI is InChI=1S/C8H5N3O3S/c9-2-1-5(7(13)14)6-3-15-8(11-6)10-4-12/h1,3-4H,(H,13,14)(H,10,11,12). The van der Waals surface area contributed by atoms with Crippen LogP contribution in [0.5, 0.6) is 0 Å². The van der Waals surface area contributed by atoms with Crippen LogP contribution in [-0.2, 0) is 9.59 Å². The van der Waals surface area contributed by atoms with Gasteiger partial charge in [-0.05, 0) is 0 Å². The number of carbonyl (C=O) groups is 2. The van der Waals surface area contributed by atoms with Gasteiger partial charge in [-0.2, -0.15) is 5.26 Å². The fourth-order valence-corrected chi connectivity index (χ4v) is 1.49. The monoisotopic (exact) mass is 223 g/mol. The van der Waals surface area contributed by atoms with Gasteiger partial charge in [0.15, 0.2) is 5.13 Å². The topological polar surface area (TPSA) is 103 Å². The van der Waals surface area contributed by atoms with Crippen molar-refractivity contribution in [2.45, 2.75) is 0 Å². The number of thiazole rings is 1. The van der Waals surface area contributed by atoms with Gasteiger partial charge in [0.1, 0.15) is 0 Å². The van der Waals surface area contributed by atoms with Gasteiger partial charge in [0.25, 0.3) is 0 Å². The number of carbonyl (C=O) groups excluding carboxylic acids is 1. The first kappa shape index (κ1) is 10.9. The fourth-order valence-electron chi connectivity index (χ4n) is 0.824. The molecule has 7 heteroatoms. The van der Waals surface area contributed by atoms with Crippen LogP contribution in [0.3, 0.4) is 0 Å². The number of rotatable bonds is 4. The van der Waals surface area contributed by atoms with Gasteiger partial charge in [0, 0.05) is 11.5 Å². The average molecular weight is 223 g/mol. The molecular weight excluding hydrogens is 218 g/mol. The van der Waals surface area contributed by atoms with Crippen LogP contribution in [0.25, 0.3) is 5.57 Å². The third-order valence-corrected chi connectivity index (χ3v) is 2.18. The number of carboxylic acids is 1. The Kier molecular flexibility index (Phi) is 3.54. The first-order valence-corrected chi connectivity index (χ1v) is 4.56. The van der Waals surface area contributed by atoms with Gasteiger partial charge < -0.3 is 10.4 Å². The van der Waals surface area contributed by atoms with E-state index in [1.165, 1.54) is 5.38 Å². The van der Waals surface area contributed by atoms with Gasteiger partial charge in [-0.1, -0.05) is 0 Å². The SMILES string of the molecule is N#CC=C(C(=O)O)c1csc(NC=O)n1. The molecule has 0 aliphatic carbocycles. The second-order valence-electron chi connectivity index (χ2n) is 2.29. The molecule has 0 saturated carbocycles. The van der Waals surface area contributed by atoms with Crippen molar-refractivity contribution in [1.82, 2.24) is 4.98 Å². The highest BCUT2D eigenvalue weighted by molar-refractivity contribution is 7.14. The zero-order valence-electron chi connectivity index (χ0n) is 7.30. The Balaban J connectivity index is 3.03. The maximum absolute atomic E-state index is 10.7. The second kappa shape index (κ2) is 4.88.